The Kier molecular flexibility index (Phi) is 14.2. The van der Waals surface area contributed by atoms with Crippen LogP contribution >= 0.6 is 11.6 Å². The number of hydrogen-bond donors (Lipinski definition) is 0. The Morgan fingerprint density at radius 2 is 0.943 bits per heavy atom. The molecule has 0 saturated carbocycles. The van der Waals surface area contributed by atoms with Crippen molar-refractivity contribution in [2.45, 2.75) is 47.1 Å². The van der Waals surface area contributed by atoms with E-state index in [9.17, 15) is 0 Å². The summed E-state index contributed by atoms with van der Waals surface area (Å²) >= 11 is 5.93. The standard InChI is InChI=1S/C20H25N5O.C20H24N4O.C13H11ClN4O/c1-13-9-14(2)12-25(11-13)17-10-15(5-7-21-17)19-18-16(24(3)23-19)6-8-22-20(18)26-4;1-13-8-14(2)12-24(11-13)17-9-15(4-6-21-17)19-18-16(10-23-19)5-7-22-20(18)25-3;1-18-9-4-6-16-13(19-2)11(9)12(17-18)8-3-5-15-10(14)7-8/h5-8,10,13-14H,9,11-12H2,1-4H3;4-7,9,13-14H,8,10-12H2,1-3H3;3-7H,1-2H3. The second kappa shape index (κ2) is 20.8. The van der Waals surface area contributed by atoms with Gasteiger partial charge in [0, 0.05) is 94.1 Å². The number of pyridine rings is 6. The number of fused-ring (bicyclic) bond motifs is 3. The van der Waals surface area contributed by atoms with Gasteiger partial charge in [-0.25, -0.2) is 29.9 Å². The van der Waals surface area contributed by atoms with E-state index in [4.69, 9.17) is 35.9 Å². The maximum atomic E-state index is 5.93. The molecule has 8 aromatic heterocycles. The maximum absolute atomic E-state index is 5.93. The minimum Gasteiger partial charge on any atom is -0.480 e. The highest BCUT2D eigenvalue weighted by atomic mass is 35.5. The first-order chi connectivity index (χ1) is 33.9. The van der Waals surface area contributed by atoms with Gasteiger partial charge in [0.2, 0.25) is 17.6 Å². The zero-order chi connectivity index (χ0) is 49.1. The fourth-order valence-electron chi connectivity index (χ4n) is 10.3. The first-order valence-corrected chi connectivity index (χ1v) is 24.1. The van der Waals surface area contributed by atoms with Crippen molar-refractivity contribution in [1.82, 2.24) is 49.5 Å². The summed E-state index contributed by atoms with van der Waals surface area (Å²) in [5.41, 5.74) is 9.78. The van der Waals surface area contributed by atoms with E-state index >= 15 is 0 Å². The van der Waals surface area contributed by atoms with E-state index < -0.39 is 0 Å². The molecule has 17 heteroatoms. The third kappa shape index (κ3) is 9.95. The van der Waals surface area contributed by atoms with Crippen LogP contribution in [-0.4, -0.2) is 103 Å². The second-order valence-corrected chi connectivity index (χ2v) is 19.2. The highest BCUT2D eigenvalue weighted by Crippen LogP contribution is 2.37. The molecule has 0 aromatic carbocycles. The van der Waals surface area contributed by atoms with Crippen LogP contribution in [0.15, 0.2) is 96.8 Å². The third-order valence-electron chi connectivity index (χ3n) is 13.1. The zero-order valence-corrected chi connectivity index (χ0v) is 42.1. The molecular formula is C53H60ClN13O3. The van der Waals surface area contributed by atoms with Crippen LogP contribution < -0.4 is 24.0 Å². The lowest BCUT2D eigenvalue weighted by Crippen LogP contribution is -2.39. The van der Waals surface area contributed by atoms with Crippen molar-refractivity contribution in [3.63, 3.8) is 0 Å². The van der Waals surface area contributed by atoms with Crippen molar-refractivity contribution < 1.29 is 14.2 Å². The molecule has 0 aliphatic carbocycles. The molecule has 0 amide bonds. The second-order valence-electron chi connectivity index (χ2n) is 18.8. The quantitative estimate of drug-likeness (QED) is 0.133. The number of aliphatic imine (C=N–C) groups is 1. The summed E-state index contributed by atoms with van der Waals surface area (Å²) in [6.45, 7) is 14.2. The van der Waals surface area contributed by atoms with Gasteiger partial charge in [0.15, 0.2) is 0 Å². The van der Waals surface area contributed by atoms with E-state index in [0.717, 1.165) is 99.0 Å². The molecule has 70 heavy (non-hydrogen) atoms. The lowest BCUT2D eigenvalue weighted by molar-refractivity contribution is 0.355. The number of aryl methyl sites for hydroxylation is 2. The Balaban J connectivity index is 0.000000132. The van der Waals surface area contributed by atoms with Crippen LogP contribution in [0.3, 0.4) is 0 Å². The number of rotatable bonds is 8. The monoisotopic (exact) mass is 961 g/mol. The highest BCUT2D eigenvalue weighted by molar-refractivity contribution is 6.29. The van der Waals surface area contributed by atoms with Gasteiger partial charge in [-0.15, -0.1) is 0 Å². The lowest BCUT2D eigenvalue weighted by Gasteiger charge is -2.35. The van der Waals surface area contributed by atoms with Gasteiger partial charge >= 0.3 is 0 Å². The van der Waals surface area contributed by atoms with Crippen molar-refractivity contribution in [3.05, 3.63) is 114 Å². The van der Waals surface area contributed by atoms with Crippen LogP contribution in [-0.2, 0) is 20.6 Å². The molecule has 2 saturated heterocycles. The average Bonchev–Trinajstić information content (AvgIpc) is 4.07. The number of ether oxygens (including phenoxy) is 3. The smallest absolute Gasteiger partial charge is 0.224 e. The SMILES string of the molecule is COc1nccc2c1C(c1ccnc(N3CC(C)CC(C)C3)c1)=NC2.COc1nccc2c1c(-c1ccnc(Cl)c1)nn2C.COc1nccc2c1c(-c1ccnc(N3CC(C)CC(C)C3)c1)nn2C. The van der Waals surface area contributed by atoms with Gasteiger partial charge in [-0.2, -0.15) is 10.2 Å². The van der Waals surface area contributed by atoms with E-state index in [1.807, 2.05) is 67.6 Å². The molecule has 2 fully saturated rings. The summed E-state index contributed by atoms with van der Waals surface area (Å²) in [5, 5.41) is 11.5. The van der Waals surface area contributed by atoms with Crippen molar-refractivity contribution in [2.75, 3.05) is 57.3 Å². The normalized spacial score (nSPS) is 18.6. The zero-order valence-electron chi connectivity index (χ0n) is 41.3. The van der Waals surface area contributed by atoms with Crippen LogP contribution in [0.25, 0.3) is 44.3 Å². The van der Waals surface area contributed by atoms with Gasteiger partial charge in [0.1, 0.15) is 28.2 Å². The molecule has 0 radical (unpaired) electrons. The predicted molar refractivity (Wildman–Crippen MR) is 276 cm³/mol. The van der Waals surface area contributed by atoms with Crippen molar-refractivity contribution in [1.29, 1.82) is 0 Å². The molecule has 362 valence electrons. The molecule has 4 atom stereocenters. The van der Waals surface area contributed by atoms with Gasteiger partial charge in [-0.3, -0.25) is 14.4 Å². The predicted octanol–water partition coefficient (Wildman–Crippen LogP) is 9.53. The number of methoxy groups -OCH3 is 3. The Bertz CT molecular complexity index is 3150. The minimum atomic E-state index is 0.430. The molecular weight excluding hydrogens is 902 g/mol. The van der Waals surface area contributed by atoms with Crippen LogP contribution in [0, 0.1) is 23.7 Å². The molecule has 4 unspecified atom stereocenters. The fourth-order valence-corrected chi connectivity index (χ4v) is 10.5. The van der Waals surface area contributed by atoms with Gasteiger partial charge < -0.3 is 24.0 Å². The summed E-state index contributed by atoms with van der Waals surface area (Å²) in [7, 11) is 8.73. The topological polar surface area (TPSA) is 160 Å². The third-order valence-corrected chi connectivity index (χ3v) is 13.3. The number of aromatic nitrogens is 10. The minimum absolute atomic E-state index is 0.430. The first-order valence-electron chi connectivity index (χ1n) is 23.8. The molecule has 8 aromatic rings. The number of nitrogens with zero attached hydrogens (tertiary/aromatic N) is 13. The van der Waals surface area contributed by atoms with Crippen LogP contribution in [0.4, 0.5) is 11.6 Å². The summed E-state index contributed by atoms with van der Waals surface area (Å²) in [6, 6.07) is 17.8. The van der Waals surface area contributed by atoms with Crippen LogP contribution in [0.1, 0.15) is 57.2 Å². The van der Waals surface area contributed by atoms with E-state index in [1.165, 1.54) is 18.4 Å². The molecule has 0 spiro atoms. The Hall–Kier alpha value is -7.20. The molecule has 0 bridgehead atoms. The summed E-state index contributed by atoms with van der Waals surface area (Å²) in [6.07, 6.45) is 13.2. The van der Waals surface area contributed by atoms with Crippen molar-refractivity contribution >= 4 is 50.8 Å². The van der Waals surface area contributed by atoms with Gasteiger partial charge in [0.05, 0.1) is 61.0 Å². The summed E-state index contributed by atoms with van der Waals surface area (Å²) < 4.78 is 19.9. The van der Waals surface area contributed by atoms with Crippen molar-refractivity contribution in [3.8, 4) is 40.2 Å². The highest BCUT2D eigenvalue weighted by Gasteiger charge is 2.27. The molecule has 3 aliphatic rings. The van der Waals surface area contributed by atoms with Crippen molar-refractivity contribution in [2.24, 2.45) is 42.8 Å². The molecule has 11 heterocycles. The van der Waals surface area contributed by atoms with E-state index in [0.29, 0.717) is 53.0 Å². The van der Waals surface area contributed by atoms with E-state index in [1.54, 1.807) is 56.9 Å². The first kappa shape index (κ1) is 47.8. The fraction of sp³-hybridized carbons (Fsp3) is 0.377. The maximum Gasteiger partial charge on any atom is 0.224 e. The number of halogens is 1. The van der Waals surface area contributed by atoms with Gasteiger partial charge in [0.25, 0.3) is 0 Å². The van der Waals surface area contributed by atoms with E-state index in [-0.39, 0.29) is 0 Å². The Morgan fingerprint density at radius 3 is 1.44 bits per heavy atom. The molecule has 3 aliphatic heterocycles. The summed E-state index contributed by atoms with van der Waals surface area (Å²) in [5.74, 6) is 6.61. The lowest BCUT2D eigenvalue weighted by atomic mass is 9.92. The van der Waals surface area contributed by atoms with Gasteiger partial charge in [-0.1, -0.05) is 39.3 Å². The summed E-state index contributed by atoms with van der Waals surface area (Å²) in [4.78, 5) is 35.7. The Morgan fingerprint density at radius 1 is 0.514 bits per heavy atom. The van der Waals surface area contributed by atoms with Crippen LogP contribution in [0.2, 0.25) is 5.15 Å². The average molecular weight is 963 g/mol. The number of hydrogen-bond acceptors (Lipinski definition) is 14. The molecule has 11 rings (SSSR count). The largest absolute Gasteiger partial charge is 0.480 e. The molecule has 16 nitrogen and oxygen atoms in total. The Labute approximate surface area is 413 Å². The van der Waals surface area contributed by atoms with E-state index in [2.05, 4.69) is 84.6 Å². The number of piperidine rings is 2. The number of anilines is 2. The van der Waals surface area contributed by atoms with Gasteiger partial charge in [-0.05, 0) is 96.7 Å². The molecule has 0 N–H and O–H groups in total. The van der Waals surface area contributed by atoms with Crippen LogP contribution in [0.5, 0.6) is 17.6 Å².